The third-order valence-corrected chi connectivity index (χ3v) is 4.95. The third-order valence-electron chi connectivity index (χ3n) is 4.95. The highest BCUT2D eigenvalue weighted by atomic mass is 16.5. The number of pyridine rings is 1. The summed E-state index contributed by atoms with van der Waals surface area (Å²) in [6.07, 6.45) is 2.15. The van der Waals surface area contributed by atoms with Crippen LogP contribution in [-0.4, -0.2) is 71.7 Å². The van der Waals surface area contributed by atoms with Crippen molar-refractivity contribution < 1.29 is 18.8 Å². The van der Waals surface area contributed by atoms with Crippen LogP contribution in [0.15, 0.2) is 10.6 Å². The highest BCUT2D eigenvalue weighted by Gasteiger charge is 2.30. The standard InChI is InChI=1S/C18H22N4O4/c1-11-16-13(9-14(12-3-4-12)19-17(16)26-20-11)18(24)21(2)10-15(23)22-5-7-25-8-6-22/h9,12H,3-8,10H2,1-2H3. The highest BCUT2D eigenvalue weighted by Crippen LogP contribution is 2.40. The Morgan fingerprint density at radius 1 is 1.31 bits per heavy atom. The first-order valence-corrected chi connectivity index (χ1v) is 8.92. The fourth-order valence-electron chi connectivity index (χ4n) is 3.26. The summed E-state index contributed by atoms with van der Waals surface area (Å²) in [6.45, 7) is 4.04. The molecule has 0 atom stereocenters. The second kappa shape index (κ2) is 6.68. The van der Waals surface area contributed by atoms with Gasteiger partial charge in [-0.3, -0.25) is 9.59 Å². The Balaban J connectivity index is 1.58. The normalized spacial score (nSPS) is 17.5. The number of nitrogens with zero attached hydrogens (tertiary/aromatic N) is 4. The van der Waals surface area contributed by atoms with E-state index in [0.29, 0.717) is 54.6 Å². The van der Waals surface area contributed by atoms with Crippen molar-refractivity contribution in [1.29, 1.82) is 0 Å². The lowest BCUT2D eigenvalue weighted by molar-refractivity contribution is -0.135. The molecule has 8 nitrogen and oxygen atoms in total. The first-order valence-electron chi connectivity index (χ1n) is 8.92. The molecule has 1 saturated carbocycles. The Hall–Kier alpha value is -2.48. The Morgan fingerprint density at radius 3 is 2.73 bits per heavy atom. The molecule has 138 valence electrons. The summed E-state index contributed by atoms with van der Waals surface area (Å²) >= 11 is 0. The number of morpholine rings is 1. The number of carbonyl (C=O) groups excluding carboxylic acids is 2. The van der Waals surface area contributed by atoms with E-state index < -0.39 is 0 Å². The van der Waals surface area contributed by atoms with Crippen LogP contribution in [0.1, 0.15) is 40.5 Å². The number of ether oxygens (including phenoxy) is 1. The van der Waals surface area contributed by atoms with Gasteiger partial charge in [0.25, 0.3) is 11.6 Å². The predicted octanol–water partition coefficient (Wildman–Crippen LogP) is 1.34. The van der Waals surface area contributed by atoms with Crippen LogP contribution in [0.5, 0.6) is 0 Å². The lowest BCUT2D eigenvalue weighted by Gasteiger charge is -2.28. The molecule has 2 amide bonds. The molecule has 3 heterocycles. The average molecular weight is 358 g/mol. The monoisotopic (exact) mass is 358 g/mol. The smallest absolute Gasteiger partial charge is 0.259 e. The molecule has 2 aromatic rings. The molecular formula is C18H22N4O4. The molecule has 26 heavy (non-hydrogen) atoms. The molecule has 1 aliphatic carbocycles. The van der Waals surface area contributed by atoms with E-state index in [1.54, 1.807) is 18.9 Å². The molecule has 2 fully saturated rings. The Morgan fingerprint density at radius 2 is 2.04 bits per heavy atom. The van der Waals surface area contributed by atoms with Crippen LogP contribution in [0.4, 0.5) is 0 Å². The largest absolute Gasteiger partial charge is 0.378 e. The number of likely N-dealkylation sites (N-methyl/N-ethyl adjacent to an activating group) is 1. The van der Waals surface area contributed by atoms with Crippen LogP contribution >= 0.6 is 0 Å². The van der Waals surface area contributed by atoms with Crippen LogP contribution in [0.3, 0.4) is 0 Å². The number of aryl methyl sites for hydroxylation is 1. The van der Waals surface area contributed by atoms with Gasteiger partial charge in [0.1, 0.15) is 0 Å². The molecule has 2 aliphatic rings. The first-order chi connectivity index (χ1) is 12.5. The number of amides is 2. The molecule has 0 aromatic carbocycles. The summed E-state index contributed by atoms with van der Waals surface area (Å²) < 4.78 is 10.6. The summed E-state index contributed by atoms with van der Waals surface area (Å²) in [7, 11) is 1.65. The zero-order valence-corrected chi connectivity index (χ0v) is 15.0. The minimum absolute atomic E-state index is 0.0335. The van der Waals surface area contributed by atoms with E-state index in [2.05, 4.69) is 10.1 Å². The van der Waals surface area contributed by atoms with Crippen molar-refractivity contribution in [3.63, 3.8) is 0 Å². The summed E-state index contributed by atoms with van der Waals surface area (Å²) in [5.41, 5.74) is 2.40. The number of rotatable bonds is 4. The van der Waals surface area contributed by atoms with E-state index in [9.17, 15) is 9.59 Å². The Labute approximate surface area is 151 Å². The minimum atomic E-state index is -0.216. The zero-order valence-electron chi connectivity index (χ0n) is 15.0. The van der Waals surface area contributed by atoms with Crippen molar-refractivity contribution in [2.45, 2.75) is 25.7 Å². The predicted molar refractivity (Wildman–Crippen MR) is 92.9 cm³/mol. The summed E-state index contributed by atoms with van der Waals surface area (Å²) in [5.74, 6) is 0.0998. The van der Waals surface area contributed by atoms with Gasteiger partial charge in [-0.2, -0.15) is 0 Å². The van der Waals surface area contributed by atoms with Crippen molar-refractivity contribution >= 4 is 22.9 Å². The topological polar surface area (TPSA) is 88.8 Å². The third kappa shape index (κ3) is 3.16. The zero-order chi connectivity index (χ0) is 18.3. The van der Waals surface area contributed by atoms with E-state index in [1.165, 1.54) is 4.90 Å². The van der Waals surface area contributed by atoms with Crippen LogP contribution < -0.4 is 0 Å². The van der Waals surface area contributed by atoms with Gasteiger partial charge < -0.3 is 19.1 Å². The Kier molecular flexibility index (Phi) is 4.36. The van der Waals surface area contributed by atoms with Crippen molar-refractivity contribution in [1.82, 2.24) is 19.9 Å². The van der Waals surface area contributed by atoms with Crippen molar-refractivity contribution in [3.8, 4) is 0 Å². The van der Waals surface area contributed by atoms with Crippen molar-refractivity contribution in [2.75, 3.05) is 39.9 Å². The number of hydrogen-bond donors (Lipinski definition) is 0. The molecule has 0 N–H and O–H groups in total. The van der Waals surface area contributed by atoms with Crippen LogP contribution in [0.2, 0.25) is 0 Å². The Bertz CT molecular complexity index is 852. The van der Waals surface area contributed by atoms with Crippen LogP contribution in [0, 0.1) is 6.92 Å². The van der Waals surface area contributed by atoms with Gasteiger partial charge in [0.15, 0.2) is 0 Å². The maximum atomic E-state index is 13.1. The number of fused-ring (bicyclic) bond motifs is 1. The molecule has 1 aliphatic heterocycles. The number of aromatic nitrogens is 2. The van der Waals surface area contributed by atoms with E-state index in [-0.39, 0.29) is 18.4 Å². The van der Waals surface area contributed by atoms with E-state index in [0.717, 1.165) is 18.5 Å². The molecule has 1 saturated heterocycles. The van der Waals surface area contributed by atoms with Gasteiger partial charge in [-0.1, -0.05) is 5.16 Å². The van der Waals surface area contributed by atoms with Gasteiger partial charge in [-0.25, -0.2) is 4.98 Å². The summed E-state index contributed by atoms with van der Waals surface area (Å²) in [6, 6.07) is 1.84. The fraction of sp³-hybridized carbons (Fsp3) is 0.556. The summed E-state index contributed by atoms with van der Waals surface area (Å²) in [4.78, 5) is 33.2. The van der Waals surface area contributed by atoms with Crippen molar-refractivity contribution in [2.24, 2.45) is 0 Å². The van der Waals surface area contributed by atoms with Crippen LogP contribution in [-0.2, 0) is 9.53 Å². The maximum Gasteiger partial charge on any atom is 0.259 e. The lowest BCUT2D eigenvalue weighted by atomic mass is 10.1. The second-order valence-corrected chi connectivity index (χ2v) is 6.97. The maximum absolute atomic E-state index is 13.1. The van der Waals surface area contributed by atoms with Crippen molar-refractivity contribution in [3.05, 3.63) is 23.0 Å². The minimum Gasteiger partial charge on any atom is -0.378 e. The molecule has 0 radical (unpaired) electrons. The quantitative estimate of drug-likeness (QED) is 0.819. The molecular weight excluding hydrogens is 336 g/mol. The average Bonchev–Trinajstić information content (AvgIpc) is 3.44. The van der Waals surface area contributed by atoms with Gasteiger partial charge in [-0.15, -0.1) is 0 Å². The molecule has 8 heteroatoms. The van der Waals surface area contributed by atoms with Gasteiger partial charge in [0.2, 0.25) is 5.91 Å². The van der Waals surface area contributed by atoms with E-state index >= 15 is 0 Å². The van der Waals surface area contributed by atoms with Gasteiger partial charge >= 0.3 is 0 Å². The highest BCUT2D eigenvalue weighted by molar-refractivity contribution is 6.06. The van der Waals surface area contributed by atoms with E-state index in [4.69, 9.17) is 9.26 Å². The SMILES string of the molecule is Cc1noc2nc(C3CC3)cc(C(=O)N(C)CC(=O)N3CCOCC3)c12. The van der Waals surface area contributed by atoms with Gasteiger partial charge in [0.05, 0.1) is 36.4 Å². The lowest BCUT2D eigenvalue weighted by Crippen LogP contribution is -2.46. The molecule has 2 aromatic heterocycles. The van der Waals surface area contributed by atoms with Crippen LogP contribution in [0.25, 0.3) is 11.1 Å². The summed E-state index contributed by atoms with van der Waals surface area (Å²) in [5, 5.41) is 4.59. The molecule has 0 spiro atoms. The molecule has 0 unspecified atom stereocenters. The molecule has 4 rings (SSSR count). The van der Waals surface area contributed by atoms with E-state index in [1.807, 2.05) is 6.07 Å². The first kappa shape index (κ1) is 17.0. The fourth-order valence-corrected chi connectivity index (χ4v) is 3.26. The van der Waals surface area contributed by atoms with Gasteiger partial charge in [-0.05, 0) is 25.8 Å². The second-order valence-electron chi connectivity index (χ2n) is 6.97. The molecule has 0 bridgehead atoms. The van der Waals surface area contributed by atoms with Gasteiger partial charge in [0, 0.05) is 31.7 Å². The number of hydrogen-bond acceptors (Lipinski definition) is 6. The number of carbonyl (C=O) groups is 2.